The van der Waals surface area contributed by atoms with Gasteiger partial charge in [0.1, 0.15) is 12.6 Å². The average molecular weight is 370 g/mol. The summed E-state index contributed by atoms with van der Waals surface area (Å²) in [6.07, 6.45) is -0.299. The maximum atomic E-state index is 12.2. The van der Waals surface area contributed by atoms with Gasteiger partial charge in [-0.3, -0.25) is 9.59 Å². The van der Waals surface area contributed by atoms with E-state index >= 15 is 0 Å². The third-order valence-corrected chi connectivity index (χ3v) is 3.69. The van der Waals surface area contributed by atoms with Crippen molar-refractivity contribution >= 4 is 41.0 Å². The summed E-state index contributed by atoms with van der Waals surface area (Å²) in [5, 5.41) is 11.8. The Morgan fingerprint density at radius 2 is 2.12 bits per heavy atom. The molecule has 1 atom stereocenters. The number of ether oxygens (including phenoxy) is 1. The zero-order valence-electron chi connectivity index (χ0n) is 13.0. The molecule has 1 aliphatic rings. The average Bonchev–Trinajstić information content (AvgIpc) is 2.51. The van der Waals surface area contributed by atoms with Crippen LogP contribution in [0.5, 0.6) is 5.75 Å². The normalized spacial score (nSPS) is 14.3. The lowest BCUT2D eigenvalue weighted by Gasteiger charge is -2.29. The number of benzene rings is 1. The minimum Gasteiger partial charge on any atom is -0.480 e. The third-order valence-electron chi connectivity index (χ3n) is 3.45. The minimum absolute atomic E-state index is 0.124. The molecule has 1 unspecified atom stereocenters. The summed E-state index contributed by atoms with van der Waals surface area (Å²) < 4.78 is 5.07. The van der Waals surface area contributed by atoms with Gasteiger partial charge in [-0.2, -0.15) is 0 Å². The molecule has 4 N–H and O–H groups in total. The zero-order valence-corrected chi connectivity index (χ0v) is 13.8. The molecule has 2 rings (SSSR count). The number of carboxylic acids is 1. The van der Waals surface area contributed by atoms with E-state index in [1.807, 2.05) is 0 Å². The van der Waals surface area contributed by atoms with Crippen LogP contribution in [0, 0.1) is 0 Å². The van der Waals surface area contributed by atoms with Crippen LogP contribution in [0.3, 0.4) is 0 Å². The molecule has 1 heterocycles. The van der Waals surface area contributed by atoms with Crippen LogP contribution in [0.25, 0.3) is 0 Å². The molecular formula is C15H16ClN3O6. The predicted molar refractivity (Wildman–Crippen MR) is 87.3 cm³/mol. The number of hydrogen-bond acceptors (Lipinski definition) is 6. The monoisotopic (exact) mass is 369 g/mol. The van der Waals surface area contributed by atoms with Gasteiger partial charge in [-0.05, 0) is 24.6 Å². The molecule has 1 aromatic rings. The van der Waals surface area contributed by atoms with E-state index in [9.17, 15) is 19.2 Å². The van der Waals surface area contributed by atoms with E-state index in [2.05, 4.69) is 5.32 Å². The van der Waals surface area contributed by atoms with Crippen LogP contribution in [-0.2, 0) is 19.2 Å². The van der Waals surface area contributed by atoms with E-state index < -0.39 is 29.8 Å². The summed E-state index contributed by atoms with van der Waals surface area (Å²) in [5.41, 5.74) is 5.44. The van der Waals surface area contributed by atoms with E-state index in [4.69, 9.17) is 27.2 Å². The van der Waals surface area contributed by atoms with Crippen molar-refractivity contribution in [2.45, 2.75) is 18.9 Å². The van der Waals surface area contributed by atoms with Gasteiger partial charge in [0, 0.05) is 11.4 Å². The second kappa shape index (κ2) is 7.84. The summed E-state index contributed by atoms with van der Waals surface area (Å²) >= 11 is 5.92. The number of nitrogens with zero attached hydrogens (tertiary/aromatic N) is 1. The van der Waals surface area contributed by atoms with Crippen molar-refractivity contribution in [1.29, 1.82) is 0 Å². The van der Waals surface area contributed by atoms with Crippen molar-refractivity contribution < 1.29 is 29.0 Å². The number of carbonyl (C=O) groups is 4. The van der Waals surface area contributed by atoms with Gasteiger partial charge in [-0.25, -0.2) is 9.59 Å². The number of anilines is 1. The fourth-order valence-electron chi connectivity index (χ4n) is 2.32. The van der Waals surface area contributed by atoms with E-state index in [1.165, 1.54) is 11.0 Å². The zero-order chi connectivity index (χ0) is 18.6. The third kappa shape index (κ3) is 5.08. The van der Waals surface area contributed by atoms with Crippen LogP contribution in [0.1, 0.15) is 12.8 Å². The smallest absolute Gasteiger partial charge is 0.331 e. The maximum Gasteiger partial charge on any atom is 0.331 e. The van der Waals surface area contributed by atoms with Gasteiger partial charge in [-0.15, -0.1) is 0 Å². The number of hydrogen-bond donors (Lipinski definition) is 3. The first-order chi connectivity index (χ1) is 11.8. The number of halogens is 1. The Morgan fingerprint density at radius 1 is 1.40 bits per heavy atom. The van der Waals surface area contributed by atoms with E-state index in [0.717, 1.165) is 0 Å². The largest absolute Gasteiger partial charge is 0.480 e. The van der Waals surface area contributed by atoms with Gasteiger partial charge in [0.15, 0.2) is 5.75 Å². The Morgan fingerprint density at radius 3 is 2.76 bits per heavy atom. The molecule has 0 aliphatic carbocycles. The molecular weight excluding hydrogens is 354 g/mol. The molecule has 1 aliphatic heterocycles. The Hall–Kier alpha value is -2.81. The Kier molecular flexibility index (Phi) is 5.81. The predicted octanol–water partition coefficient (Wildman–Crippen LogP) is -0.0997. The minimum atomic E-state index is -1.28. The molecule has 0 spiro atoms. The van der Waals surface area contributed by atoms with E-state index in [1.54, 1.807) is 12.1 Å². The standard InChI is InChI=1S/C15H16ClN3O6/c16-8-1-3-11-10(5-8)19(7-14(22)25-11)6-13(21)18-9(15(23)24)2-4-12(17)20/h1,3,5,9H,2,4,6-7H2,(H2,17,20)(H,18,21)(H,23,24). The molecule has 0 bridgehead atoms. The molecule has 1 aromatic carbocycles. The molecule has 0 fully saturated rings. The van der Waals surface area contributed by atoms with Crippen molar-refractivity contribution in [1.82, 2.24) is 5.32 Å². The molecule has 10 heteroatoms. The lowest BCUT2D eigenvalue weighted by atomic mass is 10.1. The molecule has 0 radical (unpaired) electrons. The molecule has 2 amide bonds. The topological polar surface area (TPSA) is 139 Å². The van der Waals surface area contributed by atoms with Crippen LogP contribution >= 0.6 is 11.6 Å². The Labute approximate surface area is 147 Å². The SMILES string of the molecule is NC(=O)CCC(NC(=O)CN1CC(=O)Oc2ccc(Cl)cc21)C(=O)O. The van der Waals surface area contributed by atoms with E-state index in [-0.39, 0.29) is 31.7 Å². The van der Waals surface area contributed by atoms with Crippen molar-refractivity contribution in [2.75, 3.05) is 18.0 Å². The summed E-state index contributed by atoms with van der Waals surface area (Å²) in [4.78, 5) is 47.2. The number of nitrogens with two attached hydrogens (primary N) is 1. The van der Waals surface area contributed by atoms with Crippen LogP contribution in [0.4, 0.5) is 5.69 Å². The van der Waals surface area contributed by atoms with Gasteiger partial charge < -0.3 is 25.8 Å². The van der Waals surface area contributed by atoms with Gasteiger partial charge in [0.05, 0.1) is 12.2 Å². The lowest BCUT2D eigenvalue weighted by Crippen LogP contribution is -2.48. The Bertz CT molecular complexity index is 723. The van der Waals surface area contributed by atoms with Crippen molar-refractivity contribution in [3.05, 3.63) is 23.2 Å². The summed E-state index contributed by atoms with van der Waals surface area (Å²) in [6.45, 7) is -0.456. The van der Waals surface area contributed by atoms with Crippen LogP contribution < -0.4 is 20.7 Å². The molecule has 0 aromatic heterocycles. The number of fused-ring (bicyclic) bond motifs is 1. The van der Waals surface area contributed by atoms with Gasteiger partial charge in [-0.1, -0.05) is 11.6 Å². The van der Waals surface area contributed by atoms with Crippen molar-refractivity contribution in [3.63, 3.8) is 0 Å². The maximum absolute atomic E-state index is 12.2. The van der Waals surface area contributed by atoms with Gasteiger partial charge >= 0.3 is 11.9 Å². The number of nitrogens with one attached hydrogen (secondary N) is 1. The second-order valence-corrected chi connectivity index (χ2v) is 5.84. The van der Waals surface area contributed by atoms with Crippen LogP contribution in [0.2, 0.25) is 5.02 Å². The number of esters is 1. The van der Waals surface area contributed by atoms with Crippen LogP contribution in [0.15, 0.2) is 18.2 Å². The highest BCUT2D eigenvalue weighted by molar-refractivity contribution is 6.31. The van der Waals surface area contributed by atoms with Crippen LogP contribution in [-0.4, -0.2) is 48.0 Å². The number of carboxylic acid groups (broad SMARTS) is 1. The molecule has 0 saturated carbocycles. The summed E-state index contributed by atoms with van der Waals surface area (Å²) in [5.74, 6) is -2.86. The number of rotatable bonds is 7. The molecule has 9 nitrogen and oxygen atoms in total. The molecule has 134 valence electrons. The highest BCUT2D eigenvalue weighted by Crippen LogP contribution is 2.34. The van der Waals surface area contributed by atoms with Gasteiger partial charge in [0.2, 0.25) is 11.8 Å². The summed E-state index contributed by atoms with van der Waals surface area (Å²) in [6, 6.07) is 3.34. The molecule has 0 saturated heterocycles. The first-order valence-corrected chi connectivity index (χ1v) is 7.69. The number of carbonyl (C=O) groups excluding carboxylic acids is 3. The number of amides is 2. The first kappa shape index (κ1) is 18.5. The van der Waals surface area contributed by atoms with Crippen molar-refractivity contribution in [3.8, 4) is 5.75 Å². The van der Waals surface area contributed by atoms with E-state index in [0.29, 0.717) is 10.7 Å². The quantitative estimate of drug-likeness (QED) is 0.450. The first-order valence-electron chi connectivity index (χ1n) is 7.32. The number of primary amides is 1. The fourth-order valence-corrected chi connectivity index (χ4v) is 2.48. The Balaban J connectivity index is 2.07. The highest BCUT2D eigenvalue weighted by Gasteiger charge is 2.27. The number of aliphatic carboxylic acids is 1. The lowest BCUT2D eigenvalue weighted by molar-refractivity contribution is -0.142. The fraction of sp³-hybridized carbons (Fsp3) is 0.333. The van der Waals surface area contributed by atoms with Crippen molar-refractivity contribution in [2.24, 2.45) is 5.73 Å². The molecule has 25 heavy (non-hydrogen) atoms. The second-order valence-electron chi connectivity index (χ2n) is 5.41. The summed E-state index contributed by atoms with van der Waals surface area (Å²) in [7, 11) is 0. The van der Waals surface area contributed by atoms with Gasteiger partial charge in [0.25, 0.3) is 0 Å². The highest BCUT2D eigenvalue weighted by atomic mass is 35.5.